The predicted molar refractivity (Wildman–Crippen MR) is 128 cm³/mol. The molecule has 5 N–H and O–H groups in total. The second-order valence-corrected chi connectivity index (χ2v) is 8.50. The quantitative estimate of drug-likeness (QED) is 0.426. The van der Waals surface area contributed by atoms with Crippen LogP contribution in [-0.2, 0) is 6.54 Å². The van der Waals surface area contributed by atoms with Crippen LogP contribution in [0.2, 0.25) is 10.0 Å². The number of halogens is 2. The summed E-state index contributed by atoms with van der Waals surface area (Å²) >= 11 is 12.1. The maximum absolute atomic E-state index is 12.7. The summed E-state index contributed by atoms with van der Waals surface area (Å²) < 4.78 is 0. The molecule has 170 valence electrons. The molecular weight excluding hydrogens is 463 g/mol. The van der Waals surface area contributed by atoms with Gasteiger partial charge in [0, 0.05) is 40.3 Å². The number of rotatable bonds is 6. The van der Waals surface area contributed by atoms with Gasteiger partial charge < -0.3 is 21.7 Å². The van der Waals surface area contributed by atoms with Crippen LogP contribution in [0.25, 0.3) is 11.3 Å². The molecule has 0 saturated carbocycles. The van der Waals surface area contributed by atoms with Crippen LogP contribution in [0.4, 0.5) is 5.82 Å². The highest BCUT2D eigenvalue weighted by molar-refractivity contribution is 6.35. The maximum atomic E-state index is 12.7. The molecule has 1 aliphatic heterocycles. The molecule has 33 heavy (non-hydrogen) atoms. The van der Waals surface area contributed by atoms with Crippen LogP contribution in [0.5, 0.6) is 0 Å². The molecule has 1 saturated heterocycles. The number of anilines is 1. The normalized spacial score (nSPS) is 15.3. The average molecular weight is 485 g/mol. The number of amides is 2. The number of carbonyl (C=O) groups excluding carboxylic acids is 2. The smallest absolute Gasteiger partial charge is 0.274 e. The zero-order chi connectivity index (χ0) is 23.4. The molecule has 2 amide bonds. The molecule has 0 aliphatic carbocycles. The molecule has 4 rings (SSSR count). The van der Waals surface area contributed by atoms with Crippen LogP contribution in [0.1, 0.15) is 32.8 Å². The average Bonchev–Trinajstić information content (AvgIpc) is 3.31. The van der Waals surface area contributed by atoms with Crippen molar-refractivity contribution in [2.75, 3.05) is 18.8 Å². The topological polar surface area (TPSA) is 122 Å². The SMILES string of the molecule is Nc1ncc(-c2cccc(C(=O)NCc3ccc(Cl)cc3Cl)c2)nc1C(=O)N[C@H]1CCNC1. The number of hydrogen-bond donors (Lipinski definition) is 4. The molecule has 3 aromatic rings. The predicted octanol–water partition coefficient (Wildman–Crippen LogP) is 3.05. The number of nitrogens with one attached hydrogen (secondary N) is 3. The first-order valence-electron chi connectivity index (χ1n) is 10.4. The summed E-state index contributed by atoms with van der Waals surface area (Å²) in [7, 11) is 0. The molecule has 2 aromatic carbocycles. The fourth-order valence-electron chi connectivity index (χ4n) is 3.50. The van der Waals surface area contributed by atoms with Crippen LogP contribution < -0.4 is 21.7 Å². The van der Waals surface area contributed by atoms with Crippen LogP contribution in [0.15, 0.2) is 48.7 Å². The molecule has 2 heterocycles. The van der Waals surface area contributed by atoms with Crippen molar-refractivity contribution in [3.63, 3.8) is 0 Å². The van der Waals surface area contributed by atoms with Crippen molar-refractivity contribution in [1.82, 2.24) is 25.9 Å². The summed E-state index contributed by atoms with van der Waals surface area (Å²) in [6.07, 6.45) is 2.32. The number of hydrogen-bond acceptors (Lipinski definition) is 6. The molecule has 1 fully saturated rings. The van der Waals surface area contributed by atoms with E-state index in [1.54, 1.807) is 42.5 Å². The Morgan fingerprint density at radius 2 is 2.00 bits per heavy atom. The maximum Gasteiger partial charge on any atom is 0.274 e. The van der Waals surface area contributed by atoms with E-state index >= 15 is 0 Å². The van der Waals surface area contributed by atoms with Gasteiger partial charge in [0.2, 0.25) is 0 Å². The second kappa shape index (κ2) is 10.2. The van der Waals surface area contributed by atoms with E-state index in [1.807, 2.05) is 0 Å². The number of nitrogen functional groups attached to an aromatic ring is 1. The minimum Gasteiger partial charge on any atom is -0.382 e. The van der Waals surface area contributed by atoms with Gasteiger partial charge in [-0.3, -0.25) is 9.59 Å². The van der Waals surface area contributed by atoms with E-state index in [0.29, 0.717) is 33.4 Å². The number of nitrogens with two attached hydrogens (primary N) is 1. The second-order valence-electron chi connectivity index (χ2n) is 7.65. The molecule has 0 spiro atoms. The highest BCUT2D eigenvalue weighted by Gasteiger charge is 2.21. The third-order valence-electron chi connectivity index (χ3n) is 5.29. The lowest BCUT2D eigenvalue weighted by molar-refractivity contribution is 0.0932. The molecule has 0 bridgehead atoms. The summed E-state index contributed by atoms with van der Waals surface area (Å²) in [6, 6.07) is 12.0. The zero-order valence-corrected chi connectivity index (χ0v) is 19.1. The van der Waals surface area contributed by atoms with Crippen molar-refractivity contribution in [3.05, 3.63) is 75.5 Å². The molecule has 8 nitrogen and oxygen atoms in total. The molecule has 0 radical (unpaired) electrons. The lowest BCUT2D eigenvalue weighted by atomic mass is 10.1. The van der Waals surface area contributed by atoms with Crippen molar-refractivity contribution in [2.45, 2.75) is 19.0 Å². The molecule has 1 atom stereocenters. The molecule has 10 heteroatoms. The third kappa shape index (κ3) is 5.60. The fraction of sp³-hybridized carbons (Fsp3) is 0.217. The zero-order valence-electron chi connectivity index (χ0n) is 17.6. The summed E-state index contributed by atoms with van der Waals surface area (Å²) in [5.74, 6) is -0.599. The summed E-state index contributed by atoms with van der Waals surface area (Å²) in [4.78, 5) is 33.9. The Balaban J connectivity index is 1.49. The van der Waals surface area contributed by atoms with Crippen LogP contribution in [0, 0.1) is 0 Å². The van der Waals surface area contributed by atoms with Crippen molar-refractivity contribution in [2.24, 2.45) is 0 Å². The Hall–Kier alpha value is -3.20. The van der Waals surface area contributed by atoms with Crippen molar-refractivity contribution in [1.29, 1.82) is 0 Å². The van der Waals surface area contributed by atoms with Crippen LogP contribution in [0.3, 0.4) is 0 Å². The molecule has 0 unspecified atom stereocenters. The van der Waals surface area contributed by atoms with Crippen LogP contribution >= 0.6 is 23.2 Å². The van der Waals surface area contributed by atoms with Gasteiger partial charge in [0.1, 0.15) is 0 Å². The number of benzene rings is 2. The fourth-order valence-corrected chi connectivity index (χ4v) is 3.97. The highest BCUT2D eigenvalue weighted by Crippen LogP contribution is 2.22. The monoisotopic (exact) mass is 484 g/mol. The van der Waals surface area contributed by atoms with Gasteiger partial charge in [-0.1, -0.05) is 41.4 Å². The first-order valence-corrected chi connectivity index (χ1v) is 11.1. The van der Waals surface area contributed by atoms with Gasteiger partial charge >= 0.3 is 0 Å². The van der Waals surface area contributed by atoms with Gasteiger partial charge in [0.25, 0.3) is 11.8 Å². The Morgan fingerprint density at radius 1 is 1.15 bits per heavy atom. The van der Waals surface area contributed by atoms with Crippen molar-refractivity contribution < 1.29 is 9.59 Å². The molecule has 1 aliphatic rings. The largest absolute Gasteiger partial charge is 0.382 e. The first-order chi connectivity index (χ1) is 15.9. The van der Waals surface area contributed by atoms with E-state index in [9.17, 15) is 9.59 Å². The highest BCUT2D eigenvalue weighted by atomic mass is 35.5. The van der Waals surface area contributed by atoms with Gasteiger partial charge in [-0.05, 0) is 42.8 Å². The third-order valence-corrected chi connectivity index (χ3v) is 5.87. The minimum absolute atomic E-state index is 0.0310. The van der Waals surface area contributed by atoms with E-state index in [-0.39, 0.29) is 35.9 Å². The van der Waals surface area contributed by atoms with Gasteiger partial charge in [0.05, 0.1) is 11.9 Å². The summed E-state index contributed by atoms with van der Waals surface area (Å²) in [6.45, 7) is 1.81. The Bertz CT molecular complexity index is 1200. The van der Waals surface area contributed by atoms with Crippen LogP contribution in [-0.4, -0.2) is 40.9 Å². The Kier molecular flexibility index (Phi) is 7.08. The van der Waals surface area contributed by atoms with E-state index in [4.69, 9.17) is 28.9 Å². The van der Waals surface area contributed by atoms with E-state index in [1.165, 1.54) is 6.20 Å². The van der Waals surface area contributed by atoms with Gasteiger partial charge in [-0.25, -0.2) is 9.97 Å². The Labute approximate surface area is 200 Å². The van der Waals surface area contributed by atoms with E-state index in [2.05, 4.69) is 25.9 Å². The summed E-state index contributed by atoms with van der Waals surface area (Å²) in [5, 5.41) is 9.96. The minimum atomic E-state index is -0.371. The van der Waals surface area contributed by atoms with Gasteiger partial charge in [-0.15, -0.1) is 0 Å². The lowest BCUT2D eigenvalue weighted by Gasteiger charge is -2.13. The lowest BCUT2D eigenvalue weighted by Crippen LogP contribution is -2.37. The molecule has 1 aromatic heterocycles. The number of aromatic nitrogens is 2. The van der Waals surface area contributed by atoms with E-state index < -0.39 is 0 Å². The van der Waals surface area contributed by atoms with Gasteiger partial charge in [0.15, 0.2) is 11.5 Å². The molecular formula is C23H22Cl2N6O2. The number of carbonyl (C=O) groups is 2. The first kappa shape index (κ1) is 23.0. The van der Waals surface area contributed by atoms with Crippen molar-refractivity contribution >= 4 is 40.8 Å². The van der Waals surface area contributed by atoms with Gasteiger partial charge in [-0.2, -0.15) is 0 Å². The number of nitrogens with zero attached hydrogens (tertiary/aromatic N) is 2. The summed E-state index contributed by atoms with van der Waals surface area (Å²) in [5.41, 5.74) is 8.22. The standard InChI is InChI=1S/C23H22Cl2N6O2/c24-16-5-4-15(18(25)9-16)10-29-22(32)14-3-1-2-13(8-14)19-12-28-21(26)20(31-19)23(33)30-17-6-7-27-11-17/h1-5,8-9,12,17,27H,6-7,10-11H2,(H2,26,28)(H,29,32)(H,30,33)/t17-/m0/s1. The Morgan fingerprint density at radius 3 is 2.76 bits per heavy atom. The van der Waals surface area contributed by atoms with Crippen molar-refractivity contribution in [3.8, 4) is 11.3 Å². The van der Waals surface area contributed by atoms with E-state index in [0.717, 1.165) is 18.5 Å².